The van der Waals surface area contributed by atoms with Crippen molar-refractivity contribution in [2.75, 3.05) is 6.61 Å². The fourth-order valence-electron chi connectivity index (χ4n) is 0.714. The van der Waals surface area contributed by atoms with Gasteiger partial charge in [0.15, 0.2) is 0 Å². The third kappa shape index (κ3) is 3.25. The Morgan fingerprint density at radius 3 is 3.08 bits per heavy atom. The van der Waals surface area contributed by atoms with Gasteiger partial charge in [0.05, 0.1) is 10.6 Å². The standard InChI is InChI=1S/C8H9NO3S/c1-6(7-3-2-4-13-7)9-12-5-8(10)11/h2-4H,5H2,1H3,(H,10,11). The van der Waals surface area contributed by atoms with Crippen LogP contribution in [0, 0.1) is 0 Å². The maximum Gasteiger partial charge on any atom is 0.344 e. The van der Waals surface area contributed by atoms with Gasteiger partial charge in [0, 0.05) is 0 Å². The number of hydrogen-bond acceptors (Lipinski definition) is 4. The number of aliphatic carboxylic acids is 1. The molecule has 0 radical (unpaired) electrons. The lowest BCUT2D eigenvalue weighted by molar-refractivity contribution is -0.142. The molecule has 5 heteroatoms. The van der Waals surface area contributed by atoms with Crippen molar-refractivity contribution < 1.29 is 14.7 Å². The quantitative estimate of drug-likeness (QED) is 0.591. The van der Waals surface area contributed by atoms with Gasteiger partial charge in [0.1, 0.15) is 0 Å². The van der Waals surface area contributed by atoms with Crippen molar-refractivity contribution >= 4 is 23.0 Å². The molecule has 13 heavy (non-hydrogen) atoms. The predicted octanol–water partition coefficient (Wildman–Crippen LogP) is 1.57. The topological polar surface area (TPSA) is 58.9 Å². The molecule has 0 unspecified atom stereocenters. The van der Waals surface area contributed by atoms with Crippen molar-refractivity contribution in [1.82, 2.24) is 0 Å². The van der Waals surface area contributed by atoms with E-state index in [2.05, 4.69) is 9.99 Å². The number of carbonyl (C=O) groups is 1. The molecule has 0 aliphatic rings. The average molecular weight is 199 g/mol. The third-order valence-electron chi connectivity index (χ3n) is 1.27. The van der Waals surface area contributed by atoms with Crippen LogP contribution in [0.2, 0.25) is 0 Å². The molecule has 70 valence electrons. The molecule has 0 aliphatic heterocycles. The zero-order valence-corrected chi connectivity index (χ0v) is 7.87. The van der Waals surface area contributed by atoms with Crippen molar-refractivity contribution in [3.8, 4) is 0 Å². The lowest BCUT2D eigenvalue weighted by Crippen LogP contribution is -2.04. The highest BCUT2D eigenvalue weighted by Gasteiger charge is 1.99. The molecule has 4 nitrogen and oxygen atoms in total. The van der Waals surface area contributed by atoms with Crippen LogP contribution in [0.1, 0.15) is 11.8 Å². The first-order valence-corrected chi connectivity index (χ1v) is 4.50. The first-order valence-electron chi connectivity index (χ1n) is 3.62. The minimum Gasteiger partial charge on any atom is -0.479 e. The van der Waals surface area contributed by atoms with Gasteiger partial charge in [-0.3, -0.25) is 0 Å². The second-order valence-corrected chi connectivity index (χ2v) is 3.27. The molecule has 1 heterocycles. The fourth-order valence-corrected chi connectivity index (χ4v) is 1.38. The van der Waals surface area contributed by atoms with Crippen LogP contribution in [0.15, 0.2) is 22.7 Å². The molecule has 1 rings (SSSR count). The SMILES string of the molecule is CC(=NOCC(=O)O)c1cccs1. The van der Waals surface area contributed by atoms with Crippen molar-refractivity contribution in [2.45, 2.75) is 6.92 Å². The van der Waals surface area contributed by atoms with Crippen LogP contribution in [-0.2, 0) is 9.63 Å². The van der Waals surface area contributed by atoms with E-state index in [0.717, 1.165) is 4.88 Å². The van der Waals surface area contributed by atoms with Crippen molar-refractivity contribution in [1.29, 1.82) is 0 Å². The van der Waals surface area contributed by atoms with Gasteiger partial charge in [-0.25, -0.2) is 4.79 Å². The number of rotatable bonds is 4. The van der Waals surface area contributed by atoms with Crippen LogP contribution in [0.5, 0.6) is 0 Å². The van der Waals surface area contributed by atoms with E-state index in [1.54, 1.807) is 6.92 Å². The molecule has 0 atom stereocenters. The van der Waals surface area contributed by atoms with Gasteiger partial charge >= 0.3 is 5.97 Å². The summed E-state index contributed by atoms with van der Waals surface area (Å²) in [6.45, 7) is 1.37. The zero-order valence-electron chi connectivity index (χ0n) is 7.06. The second-order valence-electron chi connectivity index (χ2n) is 2.32. The van der Waals surface area contributed by atoms with Gasteiger partial charge < -0.3 is 9.94 Å². The largest absolute Gasteiger partial charge is 0.479 e. The molecule has 0 saturated heterocycles. The molecule has 1 aromatic heterocycles. The van der Waals surface area contributed by atoms with Crippen LogP contribution < -0.4 is 0 Å². The molecule has 0 fully saturated rings. The maximum absolute atomic E-state index is 10.1. The van der Waals surface area contributed by atoms with Crippen molar-refractivity contribution in [2.24, 2.45) is 5.16 Å². The van der Waals surface area contributed by atoms with E-state index >= 15 is 0 Å². The summed E-state index contributed by atoms with van der Waals surface area (Å²) < 4.78 is 0. The summed E-state index contributed by atoms with van der Waals surface area (Å²) in [5.74, 6) is -1.03. The Balaban J connectivity index is 2.48. The molecule has 0 saturated carbocycles. The monoisotopic (exact) mass is 199 g/mol. The molecule has 0 aliphatic carbocycles. The summed E-state index contributed by atoms with van der Waals surface area (Å²) in [6.07, 6.45) is 0. The van der Waals surface area contributed by atoms with E-state index in [1.807, 2.05) is 17.5 Å². The lowest BCUT2D eigenvalue weighted by Gasteiger charge is -1.96. The molecule has 1 N–H and O–H groups in total. The summed E-state index contributed by atoms with van der Waals surface area (Å²) >= 11 is 1.53. The zero-order chi connectivity index (χ0) is 9.68. The molecule has 1 aromatic rings. The highest BCUT2D eigenvalue weighted by atomic mass is 32.1. The summed E-state index contributed by atoms with van der Waals surface area (Å²) in [5.41, 5.74) is 0.691. The molecular formula is C8H9NO3S. The van der Waals surface area contributed by atoms with E-state index in [1.165, 1.54) is 11.3 Å². The van der Waals surface area contributed by atoms with Gasteiger partial charge in [0.2, 0.25) is 6.61 Å². The Labute approximate surface area is 79.5 Å². The number of thiophene rings is 1. The predicted molar refractivity (Wildman–Crippen MR) is 50.1 cm³/mol. The fraction of sp³-hybridized carbons (Fsp3) is 0.250. The number of oxime groups is 1. The summed E-state index contributed by atoms with van der Waals surface area (Å²) in [4.78, 5) is 15.6. The van der Waals surface area contributed by atoms with E-state index < -0.39 is 12.6 Å². The molecule has 0 spiro atoms. The van der Waals surface area contributed by atoms with Crippen LogP contribution in [0.4, 0.5) is 0 Å². The number of carboxylic acid groups (broad SMARTS) is 1. The Kier molecular flexibility index (Phi) is 3.45. The first kappa shape index (κ1) is 9.73. The van der Waals surface area contributed by atoms with E-state index in [-0.39, 0.29) is 0 Å². The number of nitrogens with zero attached hydrogens (tertiary/aromatic N) is 1. The Hall–Kier alpha value is -1.36. The van der Waals surface area contributed by atoms with Gasteiger partial charge in [-0.15, -0.1) is 11.3 Å². The minimum absolute atomic E-state index is 0.400. The molecule has 0 aromatic carbocycles. The van der Waals surface area contributed by atoms with Gasteiger partial charge in [-0.1, -0.05) is 11.2 Å². The Bertz CT molecular complexity index is 305. The van der Waals surface area contributed by atoms with E-state index in [0.29, 0.717) is 5.71 Å². The van der Waals surface area contributed by atoms with E-state index in [9.17, 15) is 4.79 Å². The maximum atomic E-state index is 10.1. The van der Waals surface area contributed by atoms with E-state index in [4.69, 9.17) is 5.11 Å². The van der Waals surface area contributed by atoms with Crippen LogP contribution in [0.25, 0.3) is 0 Å². The number of carboxylic acids is 1. The van der Waals surface area contributed by atoms with Crippen molar-refractivity contribution in [3.05, 3.63) is 22.4 Å². The summed E-state index contributed by atoms with van der Waals surface area (Å²) in [6, 6.07) is 3.80. The van der Waals surface area contributed by atoms with Crippen LogP contribution in [-0.4, -0.2) is 23.4 Å². The minimum atomic E-state index is -1.03. The summed E-state index contributed by atoms with van der Waals surface area (Å²) in [7, 11) is 0. The molecular weight excluding hydrogens is 190 g/mol. The average Bonchev–Trinajstić information content (AvgIpc) is 2.55. The number of hydrogen-bond donors (Lipinski definition) is 1. The third-order valence-corrected chi connectivity index (χ3v) is 2.25. The van der Waals surface area contributed by atoms with Crippen LogP contribution >= 0.6 is 11.3 Å². The van der Waals surface area contributed by atoms with Gasteiger partial charge in [-0.05, 0) is 18.4 Å². The molecule has 0 amide bonds. The van der Waals surface area contributed by atoms with Gasteiger partial charge in [0.25, 0.3) is 0 Å². The van der Waals surface area contributed by atoms with Crippen molar-refractivity contribution in [3.63, 3.8) is 0 Å². The van der Waals surface area contributed by atoms with Gasteiger partial charge in [-0.2, -0.15) is 0 Å². The normalized spacial score (nSPS) is 11.3. The highest BCUT2D eigenvalue weighted by Crippen LogP contribution is 2.09. The first-order chi connectivity index (χ1) is 6.20. The lowest BCUT2D eigenvalue weighted by atomic mass is 10.3. The van der Waals surface area contributed by atoms with Crippen LogP contribution in [0.3, 0.4) is 0 Å². The smallest absolute Gasteiger partial charge is 0.344 e. The Morgan fingerprint density at radius 2 is 2.54 bits per heavy atom. The second kappa shape index (κ2) is 4.61. The molecule has 0 bridgehead atoms. The summed E-state index contributed by atoms with van der Waals surface area (Å²) in [5, 5.41) is 13.8. The highest BCUT2D eigenvalue weighted by molar-refractivity contribution is 7.12. The Morgan fingerprint density at radius 1 is 1.77 bits per heavy atom.